The molecule has 0 aliphatic rings. The molecule has 15 heavy (non-hydrogen) atoms. The molecule has 1 heterocycles. The van der Waals surface area contributed by atoms with Gasteiger partial charge in [0, 0.05) is 23.5 Å². The normalized spacial score (nSPS) is 13.0. The molecule has 1 atom stereocenters. The summed E-state index contributed by atoms with van der Waals surface area (Å²) >= 11 is 0. The van der Waals surface area contributed by atoms with Crippen LogP contribution in [0.4, 0.5) is 0 Å². The minimum Gasteiger partial charge on any atom is -0.494 e. The highest BCUT2D eigenvalue weighted by Gasteiger charge is 2.13. The van der Waals surface area contributed by atoms with Crippen molar-refractivity contribution in [3.8, 4) is 5.75 Å². The summed E-state index contributed by atoms with van der Waals surface area (Å²) in [6.07, 6.45) is 0. The van der Waals surface area contributed by atoms with Gasteiger partial charge in [-0.1, -0.05) is 19.1 Å². The smallest absolute Gasteiger partial charge is 0.146 e. The van der Waals surface area contributed by atoms with E-state index in [2.05, 4.69) is 17.1 Å². The largest absolute Gasteiger partial charge is 0.494 e. The molecular formula is C11H15N3O. The van der Waals surface area contributed by atoms with Gasteiger partial charge in [0.1, 0.15) is 11.3 Å². The highest BCUT2D eigenvalue weighted by Crippen LogP contribution is 2.28. The highest BCUT2D eigenvalue weighted by atomic mass is 16.5. The fraction of sp³-hybridized carbons (Fsp3) is 0.364. The first-order valence-electron chi connectivity index (χ1n) is 4.99. The summed E-state index contributed by atoms with van der Waals surface area (Å²) < 4.78 is 5.24. The molecule has 1 aromatic heterocycles. The molecule has 80 valence electrons. The number of nitrogens with one attached hydrogen (secondary N) is 1. The van der Waals surface area contributed by atoms with Gasteiger partial charge in [0.15, 0.2) is 0 Å². The summed E-state index contributed by atoms with van der Waals surface area (Å²) in [7, 11) is 1.65. The molecule has 4 nitrogen and oxygen atoms in total. The first-order valence-corrected chi connectivity index (χ1v) is 4.99. The summed E-state index contributed by atoms with van der Waals surface area (Å²) in [5, 5.41) is 8.37. The second-order valence-electron chi connectivity index (χ2n) is 3.63. The van der Waals surface area contributed by atoms with Gasteiger partial charge < -0.3 is 10.5 Å². The van der Waals surface area contributed by atoms with Gasteiger partial charge in [-0.25, -0.2) is 0 Å². The number of rotatable bonds is 3. The van der Waals surface area contributed by atoms with Crippen LogP contribution < -0.4 is 10.5 Å². The van der Waals surface area contributed by atoms with Crippen molar-refractivity contribution in [3.05, 3.63) is 23.9 Å². The zero-order chi connectivity index (χ0) is 10.8. The zero-order valence-electron chi connectivity index (χ0n) is 8.95. The lowest BCUT2D eigenvalue weighted by molar-refractivity contribution is 0.419. The SMILES string of the molecule is COc1cccc2c(C(C)CN)[nH]nc12. The van der Waals surface area contributed by atoms with Gasteiger partial charge in [-0.05, 0) is 6.07 Å². The van der Waals surface area contributed by atoms with Gasteiger partial charge in [0.2, 0.25) is 0 Å². The zero-order valence-corrected chi connectivity index (χ0v) is 8.95. The molecule has 0 aliphatic heterocycles. The predicted octanol–water partition coefficient (Wildman–Crippen LogP) is 1.63. The van der Waals surface area contributed by atoms with E-state index in [9.17, 15) is 0 Å². The molecule has 3 N–H and O–H groups in total. The Hall–Kier alpha value is -1.55. The highest BCUT2D eigenvalue weighted by molar-refractivity contribution is 5.87. The minimum atomic E-state index is 0.280. The molecule has 1 unspecified atom stereocenters. The number of fused-ring (bicyclic) bond motifs is 1. The molecular weight excluding hydrogens is 190 g/mol. The lowest BCUT2D eigenvalue weighted by Crippen LogP contribution is -2.09. The van der Waals surface area contributed by atoms with Crippen LogP contribution in [0.25, 0.3) is 10.9 Å². The average Bonchev–Trinajstić information content (AvgIpc) is 2.71. The van der Waals surface area contributed by atoms with E-state index < -0.39 is 0 Å². The standard InChI is InChI=1S/C11H15N3O/c1-7(6-12)10-8-4-3-5-9(15-2)11(8)14-13-10/h3-5,7H,6,12H2,1-2H3,(H,13,14). The lowest BCUT2D eigenvalue weighted by Gasteiger charge is -2.05. The quantitative estimate of drug-likeness (QED) is 0.800. The number of aromatic amines is 1. The van der Waals surface area contributed by atoms with Crippen molar-refractivity contribution in [1.82, 2.24) is 10.2 Å². The Morgan fingerprint density at radius 3 is 3.00 bits per heavy atom. The Morgan fingerprint density at radius 2 is 2.33 bits per heavy atom. The Bertz CT molecular complexity index is 464. The van der Waals surface area contributed by atoms with Crippen molar-refractivity contribution in [2.24, 2.45) is 5.73 Å². The number of nitrogens with zero attached hydrogens (tertiary/aromatic N) is 1. The van der Waals surface area contributed by atoms with E-state index in [1.807, 2.05) is 18.2 Å². The topological polar surface area (TPSA) is 63.9 Å². The van der Waals surface area contributed by atoms with E-state index in [0.29, 0.717) is 6.54 Å². The van der Waals surface area contributed by atoms with Crippen LogP contribution in [0.2, 0.25) is 0 Å². The molecule has 0 amide bonds. The number of hydrogen-bond donors (Lipinski definition) is 2. The van der Waals surface area contributed by atoms with Crippen molar-refractivity contribution in [2.75, 3.05) is 13.7 Å². The number of benzene rings is 1. The van der Waals surface area contributed by atoms with Crippen LogP contribution in [0.3, 0.4) is 0 Å². The summed E-state index contributed by atoms with van der Waals surface area (Å²) in [5.74, 6) is 1.07. The van der Waals surface area contributed by atoms with E-state index in [0.717, 1.165) is 22.3 Å². The Kier molecular flexibility index (Phi) is 2.60. The third-order valence-electron chi connectivity index (χ3n) is 2.64. The first-order chi connectivity index (χ1) is 7.27. The van der Waals surface area contributed by atoms with Crippen LogP contribution in [0.15, 0.2) is 18.2 Å². The maximum atomic E-state index is 5.65. The average molecular weight is 205 g/mol. The molecule has 2 aromatic rings. The predicted molar refractivity (Wildman–Crippen MR) is 60.1 cm³/mol. The van der Waals surface area contributed by atoms with Crippen molar-refractivity contribution in [1.29, 1.82) is 0 Å². The summed E-state index contributed by atoms with van der Waals surface area (Å²) in [5.41, 5.74) is 7.59. The van der Waals surface area contributed by atoms with Crippen LogP contribution in [-0.4, -0.2) is 23.9 Å². The molecule has 1 aromatic carbocycles. The van der Waals surface area contributed by atoms with Gasteiger partial charge in [0.05, 0.1) is 7.11 Å². The summed E-state index contributed by atoms with van der Waals surface area (Å²) in [6, 6.07) is 5.90. The Morgan fingerprint density at radius 1 is 1.53 bits per heavy atom. The van der Waals surface area contributed by atoms with Gasteiger partial charge in [0.25, 0.3) is 0 Å². The third kappa shape index (κ3) is 1.57. The van der Waals surface area contributed by atoms with Crippen LogP contribution in [0.1, 0.15) is 18.5 Å². The molecule has 2 rings (SSSR count). The number of hydrogen-bond acceptors (Lipinski definition) is 3. The molecule has 0 radical (unpaired) electrons. The fourth-order valence-electron chi connectivity index (χ4n) is 1.69. The van der Waals surface area contributed by atoms with Crippen molar-refractivity contribution in [2.45, 2.75) is 12.8 Å². The maximum absolute atomic E-state index is 5.65. The van der Waals surface area contributed by atoms with E-state index >= 15 is 0 Å². The number of nitrogens with two attached hydrogens (primary N) is 1. The molecule has 0 saturated heterocycles. The van der Waals surface area contributed by atoms with Crippen LogP contribution in [0.5, 0.6) is 5.75 Å². The molecule has 0 aliphatic carbocycles. The Labute approximate surface area is 88.4 Å². The van der Waals surface area contributed by atoms with Gasteiger partial charge in [-0.15, -0.1) is 0 Å². The van der Waals surface area contributed by atoms with E-state index in [4.69, 9.17) is 10.5 Å². The maximum Gasteiger partial charge on any atom is 0.146 e. The van der Waals surface area contributed by atoms with Crippen LogP contribution in [0, 0.1) is 0 Å². The third-order valence-corrected chi connectivity index (χ3v) is 2.64. The molecule has 0 bridgehead atoms. The number of methoxy groups -OCH3 is 1. The minimum absolute atomic E-state index is 0.280. The fourth-order valence-corrected chi connectivity index (χ4v) is 1.69. The number of aromatic nitrogens is 2. The lowest BCUT2D eigenvalue weighted by atomic mass is 10.0. The van der Waals surface area contributed by atoms with E-state index in [1.54, 1.807) is 7.11 Å². The van der Waals surface area contributed by atoms with Gasteiger partial charge in [-0.2, -0.15) is 5.10 Å². The number of para-hydroxylation sites is 1. The van der Waals surface area contributed by atoms with Gasteiger partial charge in [-0.3, -0.25) is 5.10 Å². The molecule has 0 saturated carbocycles. The van der Waals surface area contributed by atoms with Crippen LogP contribution >= 0.6 is 0 Å². The molecule has 0 spiro atoms. The van der Waals surface area contributed by atoms with E-state index in [-0.39, 0.29) is 5.92 Å². The van der Waals surface area contributed by atoms with Crippen molar-refractivity contribution in [3.63, 3.8) is 0 Å². The van der Waals surface area contributed by atoms with Crippen molar-refractivity contribution >= 4 is 10.9 Å². The summed E-state index contributed by atoms with van der Waals surface area (Å²) in [4.78, 5) is 0. The second-order valence-corrected chi connectivity index (χ2v) is 3.63. The van der Waals surface area contributed by atoms with Crippen LogP contribution in [-0.2, 0) is 0 Å². The Balaban J connectivity index is 2.60. The number of H-pyrrole nitrogens is 1. The van der Waals surface area contributed by atoms with Gasteiger partial charge >= 0.3 is 0 Å². The second kappa shape index (κ2) is 3.90. The molecule has 4 heteroatoms. The summed E-state index contributed by atoms with van der Waals surface area (Å²) in [6.45, 7) is 2.68. The molecule has 0 fully saturated rings. The monoisotopic (exact) mass is 205 g/mol. The first kappa shape index (κ1) is 9.98. The van der Waals surface area contributed by atoms with Crippen molar-refractivity contribution < 1.29 is 4.74 Å². The van der Waals surface area contributed by atoms with E-state index in [1.165, 1.54) is 0 Å². The number of ether oxygens (including phenoxy) is 1.